The maximum Gasteiger partial charge on any atom is 0.573 e. The average molecular weight is 405 g/mol. The van der Waals surface area contributed by atoms with E-state index >= 15 is 0 Å². The van der Waals surface area contributed by atoms with Crippen molar-refractivity contribution in [3.05, 3.63) is 59.4 Å². The lowest BCUT2D eigenvalue weighted by Crippen LogP contribution is -2.33. The zero-order chi connectivity index (χ0) is 20.8. The quantitative estimate of drug-likeness (QED) is 0.666. The first kappa shape index (κ1) is 19.4. The van der Waals surface area contributed by atoms with Gasteiger partial charge >= 0.3 is 6.36 Å². The number of likely N-dealkylation sites (N-methyl/N-ethyl adjacent to an activating group) is 1. The molecular weight excluding hydrogens is 386 g/mol. The molecule has 0 saturated carbocycles. The van der Waals surface area contributed by atoms with Gasteiger partial charge in [0.1, 0.15) is 11.6 Å². The van der Waals surface area contributed by atoms with Gasteiger partial charge in [0, 0.05) is 29.9 Å². The number of fused-ring (bicyclic) bond motifs is 2. The minimum absolute atomic E-state index is 0.141. The summed E-state index contributed by atoms with van der Waals surface area (Å²) in [6.45, 7) is 2.82. The highest BCUT2D eigenvalue weighted by Crippen LogP contribution is 2.39. The highest BCUT2D eigenvalue weighted by atomic mass is 19.4. The summed E-state index contributed by atoms with van der Waals surface area (Å²) >= 11 is 0. The fourth-order valence-electron chi connectivity index (χ4n) is 3.50. The standard InChI is InChI=1S/C21H19F4N3O/c1-12-9-13(7-8-28(12)2)20-16-11-15(29-21(23,24)25)4-6-17(16)26-18-5-3-14(22)10-19(18)27-20/h3-6,9-12,26H,7-8H2,1-2H3/t12-/m0/s1. The minimum atomic E-state index is -4.79. The number of halogens is 4. The van der Waals surface area contributed by atoms with E-state index in [0.29, 0.717) is 34.8 Å². The Bertz CT molecular complexity index is 1010. The van der Waals surface area contributed by atoms with Gasteiger partial charge in [-0.05, 0) is 56.3 Å². The number of benzene rings is 2. The molecule has 0 aliphatic carbocycles. The summed E-state index contributed by atoms with van der Waals surface area (Å²) < 4.78 is 56.1. The molecule has 0 spiro atoms. The molecule has 4 rings (SSSR count). The van der Waals surface area contributed by atoms with Crippen molar-refractivity contribution in [3.8, 4) is 5.75 Å². The van der Waals surface area contributed by atoms with Crippen molar-refractivity contribution in [1.82, 2.24) is 4.90 Å². The largest absolute Gasteiger partial charge is 0.573 e. The molecule has 0 saturated heterocycles. The number of nitrogens with zero attached hydrogens (tertiary/aromatic N) is 2. The fraction of sp³-hybridized carbons (Fsp3) is 0.286. The lowest BCUT2D eigenvalue weighted by molar-refractivity contribution is -0.274. The van der Waals surface area contributed by atoms with E-state index in [9.17, 15) is 17.6 Å². The maximum absolute atomic E-state index is 13.8. The number of hydrogen-bond donors (Lipinski definition) is 1. The van der Waals surface area contributed by atoms with E-state index in [1.807, 2.05) is 20.0 Å². The molecule has 0 fully saturated rings. The third-order valence-electron chi connectivity index (χ3n) is 5.12. The second kappa shape index (κ2) is 7.18. The molecule has 0 radical (unpaired) electrons. The lowest BCUT2D eigenvalue weighted by atomic mass is 9.93. The molecule has 0 amide bonds. The minimum Gasteiger partial charge on any atom is -0.406 e. The fourth-order valence-corrected chi connectivity index (χ4v) is 3.50. The molecule has 8 heteroatoms. The van der Waals surface area contributed by atoms with E-state index in [1.54, 1.807) is 6.07 Å². The number of aliphatic imine (C=N–C) groups is 1. The molecule has 0 aromatic heterocycles. The highest BCUT2D eigenvalue weighted by molar-refractivity contribution is 6.18. The van der Waals surface area contributed by atoms with Crippen molar-refractivity contribution < 1.29 is 22.3 Å². The van der Waals surface area contributed by atoms with Crippen molar-refractivity contribution in [2.45, 2.75) is 25.7 Å². The van der Waals surface area contributed by atoms with Crippen molar-refractivity contribution in [1.29, 1.82) is 0 Å². The van der Waals surface area contributed by atoms with E-state index in [1.165, 1.54) is 30.3 Å². The van der Waals surface area contributed by atoms with Gasteiger partial charge in [-0.1, -0.05) is 6.08 Å². The predicted molar refractivity (Wildman–Crippen MR) is 104 cm³/mol. The zero-order valence-corrected chi connectivity index (χ0v) is 15.8. The van der Waals surface area contributed by atoms with Gasteiger partial charge in [-0.3, -0.25) is 4.90 Å². The van der Waals surface area contributed by atoms with Crippen molar-refractivity contribution in [2.24, 2.45) is 4.99 Å². The molecule has 2 aliphatic heterocycles. The maximum atomic E-state index is 13.8. The highest BCUT2D eigenvalue weighted by Gasteiger charge is 2.32. The molecule has 2 aromatic rings. The summed E-state index contributed by atoms with van der Waals surface area (Å²) in [6, 6.07) is 8.40. The second-order valence-electron chi connectivity index (χ2n) is 7.17. The van der Waals surface area contributed by atoms with Crippen LogP contribution in [-0.2, 0) is 0 Å². The predicted octanol–water partition coefficient (Wildman–Crippen LogP) is 5.55. The first-order chi connectivity index (χ1) is 13.7. The van der Waals surface area contributed by atoms with E-state index < -0.39 is 12.2 Å². The molecule has 1 atom stereocenters. The first-order valence-electron chi connectivity index (χ1n) is 9.16. The molecule has 0 bridgehead atoms. The van der Waals surface area contributed by atoms with Crippen LogP contribution < -0.4 is 10.1 Å². The summed E-state index contributed by atoms with van der Waals surface area (Å²) in [5.74, 6) is -0.768. The molecule has 0 unspecified atom stereocenters. The van der Waals surface area contributed by atoms with Crippen molar-refractivity contribution in [3.63, 3.8) is 0 Å². The van der Waals surface area contributed by atoms with Crippen LogP contribution in [0.4, 0.5) is 34.6 Å². The lowest BCUT2D eigenvalue weighted by Gasteiger charge is -2.29. The van der Waals surface area contributed by atoms with E-state index in [-0.39, 0.29) is 11.8 Å². The van der Waals surface area contributed by atoms with Crippen LogP contribution in [0.25, 0.3) is 0 Å². The molecule has 2 heterocycles. The number of hydrogen-bond acceptors (Lipinski definition) is 4. The first-order valence-corrected chi connectivity index (χ1v) is 9.16. The van der Waals surface area contributed by atoms with E-state index in [2.05, 4.69) is 19.9 Å². The summed E-state index contributed by atoms with van der Waals surface area (Å²) in [5.41, 5.74) is 3.45. The van der Waals surface area contributed by atoms with Crippen LogP contribution in [0, 0.1) is 5.82 Å². The number of nitrogens with one attached hydrogen (secondary N) is 1. The summed E-state index contributed by atoms with van der Waals surface area (Å²) in [6.07, 6.45) is -2.08. The Labute approximate surface area is 165 Å². The Hall–Kier alpha value is -2.87. The van der Waals surface area contributed by atoms with Crippen LogP contribution in [0.2, 0.25) is 0 Å². The third kappa shape index (κ3) is 4.12. The Morgan fingerprint density at radius 3 is 2.62 bits per heavy atom. The van der Waals surface area contributed by atoms with E-state index in [0.717, 1.165) is 12.1 Å². The Morgan fingerprint density at radius 1 is 1.14 bits per heavy atom. The number of rotatable bonds is 2. The van der Waals surface area contributed by atoms with E-state index in [4.69, 9.17) is 0 Å². The number of anilines is 2. The van der Waals surface area contributed by atoms with Crippen molar-refractivity contribution in [2.75, 3.05) is 18.9 Å². The molecule has 2 aliphatic rings. The number of alkyl halides is 3. The topological polar surface area (TPSA) is 36.9 Å². The van der Waals surface area contributed by atoms with Gasteiger partial charge in [0.25, 0.3) is 0 Å². The normalized spacial score (nSPS) is 19.3. The van der Waals surface area contributed by atoms with Crippen LogP contribution in [0.15, 0.2) is 53.0 Å². The van der Waals surface area contributed by atoms with Gasteiger partial charge in [-0.15, -0.1) is 13.2 Å². The van der Waals surface area contributed by atoms with Gasteiger partial charge < -0.3 is 10.1 Å². The van der Waals surface area contributed by atoms with Gasteiger partial charge in [0.05, 0.1) is 17.1 Å². The Morgan fingerprint density at radius 2 is 1.90 bits per heavy atom. The molecular formula is C21H19F4N3O. The van der Waals surface area contributed by atoms with Gasteiger partial charge in [0.15, 0.2) is 0 Å². The monoisotopic (exact) mass is 405 g/mol. The Kier molecular flexibility index (Phi) is 4.82. The van der Waals surface area contributed by atoms with Crippen LogP contribution >= 0.6 is 0 Å². The van der Waals surface area contributed by atoms with Crippen LogP contribution in [0.5, 0.6) is 5.75 Å². The van der Waals surface area contributed by atoms with Crippen LogP contribution in [-0.4, -0.2) is 36.6 Å². The SMILES string of the molecule is C[C@H]1C=C(C2=Nc3cc(F)ccc3Nc3ccc(OC(F)(F)F)cc32)CCN1C. The molecule has 152 valence electrons. The average Bonchev–Trinajstić information content (AvgIpc) is 2.79. The summed E-state index contributed by atoms with van der Waals surface area (Å²) in [7, 11) is 2.00. The smallest absolute Gasteiger partial charge is 0.406 e. The number of ether oxygens (including phenoxy) is 1. The molecule has 2 aromatic carbocycles. The molecule has 4 nitrogen and oxygen atoms in total. The molecule has 1 N–H and O–H groups in total. The van der Waals surface area contributed by atoms with Gasteiger partial charge in [-0.2, -0.15) is 0 Å². The van der Waals surface area contributed by atoms with Crippen molar-refractivity contribution >= 4 is 22.8 Å². The van der Waals surface area contributed by atoms with Crippen LogP contribution in [0.3, 0.4) is 0 Å². The zero-order valence-electron chi connectivity index (χ0n) is 15.8. The van der Waals surface area contributed by atoms with Crippen LogP contribution in [0.1, 0.15) is 18.9 Å². The van der Waals surface area contributed by atoms with Gasteiger partial charge in [-0.25, -0.2) is 9.38 Å². The Balaban J connectivity index is 1.88. The van der Waals surface area contributed by atoms with Gasteiger partial charge in [0.2, 0.25) is 0 Å². The summed E-state index contributed by atoms with van der Waals surface area (Å²) in [4.78, 5) is 6.82. The second-order valence-corrected chi connectivity index (χ2v) is 7.17. The third-order valence-corrected chi connectivity index (χ3v) is 5.12. The summed E-state index contributed by atoms with van der Waals surface area (Å²) in [5, 5.41) is 3.15. The molecule has 29 heavy (non-hydrogen) atoms.